The molecule has 0 radical (unpaired) electrons. The third kappa shape index (κ3) is 3.64. The number of hydrogen-bond acceptors (Lipinski definition) is 2. The van der Waals surface area contributed by atoms with E-state index in [-0.39, 0.29) is 5.91 Å². The summed E-state index contributed by atoms with van der Waals surface area (Å²) >= 11 is 2.13. The second kappa shape index (κ2) is 6.47. The molecule has 0 aliphatic rings. The van der Waals surface area contributed by atoms with Crippen LogP contribution in [0.3, 0.4) is 0 Å². The molecule has 0 bridgehead atoms. The molecule has 96 valence electrons. The van der Waals surface area contributed by atoms with Gasteiger partial charge in [-0.3, -0.25) is 4.79 Å². The van der Waals surface area contributed by atoms with Gasteiger partial charge in [0.2, 0.25) is 0 Å². The van der Waals surface area contributed by atoms with Crippen LogP contribution in [0.25, 0.3) is 0 Å². The van der Waals surface area contributed by atoms with Crippen molar-refractivity contribution < 1.29 is 4.79 Å². The van der Waals surface area contributed by atoms with Crippen LogP contribution in [0.4, 0.5) is 0 Å². The van der Waals surface area contributed by atoms with E-state index in [0.717, 1.165) is 14.7 Å². The number of carbonyl (C=O) groups excluding carboxylic acids is 1. The molecule has 2 rings (SSSR count). The van der Waals surface area contributed by atoms with Crippen LogP contribution in [0.2, 0.25) is 0 Å². The molecule has 19 heavy (non-hydrogen) atoms. The number of rotatable bonds is 3. The third-order valence-electron chi connectivity index (χ3n) is 2.68. The zero-order chi connectivity index (χ0) is 13.7. The average Bonchev–Trinajstić information content (AvgIpc) is 2.41. The van der Waals surface area contributed by atoms with Gasteiger partial charge in [-0.2, -0.15) is 5.10 Å². The van der Waals surface area contributed by atoms with Crippen molar-refractivity contribution in [2.24, 2.45) is 5.10 Å². The average molecular weight is 364 g/mol. The fourth-order valence-electron chi connectivity index (χ4n) is 1.60. The molecule has 0 saturated heterocycles. The van der Waals surface area contributed by atoms with Crippen molar-refractivity contribution >= 4 is 34.7 Å². The number of aryl methyl sites for hydroxylation is 1. The van der Waals surface area contributed by atoms with E-state index in [1.165, 1.54) is 0 Å². The first kappa shape index (κ1) is 13.7. The Hall–Kier alpha value is -1.69. The molecular weight excluding hydrogens is 351 g/mol. The van der Waals surface area contributed by atoms with Gasteiger partial charge in [-0.25, -0.2) is 5.43 Å². The fourth-order valence-corrected chi connectivity index (χ4v) is 2.23. The minimum Gasteiger partial charge on any atom is -0.267 e. The van der Waals surface area contributed by atoms with Gasteiger partial charge in [-0.05, 0) is 52.8 Å². The lowest BCUT2D eigenvalue weighted by Gasteiger charge is -2.02. The number of carbonyl (C=O) groups is 1. The van der Waals surface area contributed by atoms with Gasteiger partial charge in [0.25, 0.3) is 5.91 Å². The molecule has 0 spiro atoms. The molecular formula is C15H13IN2O. The molecule has 2 aromatic rings. The zero-order valence-electron chi connectivity index (χ0n) is 10.4. The van der Waals surface area contributed by atoms with Crippen molar-refractivity contribution in [3.8, 4) is 0 Å². The van der Waals surface area contributed by atoms with E-state index in [9.17, 15) is 4.79 Å². The summed E-state index contributed by atoms with van der Waals surface area (Å²) < 4.78 is 0.906. The number of benzene rings is 2. The summed E-state index contributed by atoms with van der Waals surface area (Å²) in [4.78, 5) is 11.9. The van der Waals surface area contributed by atoms with Crippen LogP contribution in [0, 0.1) is 10.5 Å². The Morgan fingerprint density at radius 3 is 2.58 bits per heavy atom. The van der Waals surface area contributed by atoms with Crippen molar-refractivity contribution in [1.82, 2.24) is 5.43 Å². The smallest absolute Gasteiger partial charge is 0.267 e. The zero-order valence-corrected chi connectivity index (χ0v) is 12.6. The van der Waals surface area contributed by atoms with E-state index in [2.05, 4.69) is 33.1 Å². The Labute approximate surface area is 125 Å². The molecule has 1 N–H and O–H groups in total. The Morgan fingerprint density at radius 1 is 1.16 bits per heavy atom. The van der Waals surface area contributed by atoms with E-state index in [1.54, 1.807) is 12.3 Å². The standard InChI is InChI=1S/C15H13IN2O/c1-11-6-2-3-7-12(11)10-17-18-15(19)13-8-4-5-9-14(13)16/h2-10H,1H3,(H,18,19). The number of nitrogens with one attached hydrogen (secondary N) is 1. The van der Waals surface area contributed by atoms with Crippen LogP contribution in [-0.4, -0.2) is 12.1 Å². The lowest BCUT2D eigenvalue weighted by molar-refractivity contribution is 0.0954. The summed E-state index contributed by atoms with van der Waals surface area (Å²) in [7, 11) is 0. The first-order valence-corrected chi connectivity index (χ1v) is 6.90. The van der Waals surface area contributed by atoms with Crippen molar-refractivity contribution in [3.05, 3.63) is 68.8 Å². The van der Waals surface area contributed by atoms with Crippen molar-refractivity contribution in [1.29, 1.82) is 0 Å². The van der Waals surface area contributed by atoms with E-state index in [0.29, 0.717) is 5.56 Å². The highest BCUT2D eigenvalue weighted by Gasteiger charge is 2.07. The second-order valence-corrected chi connectivity index (χ2v) is 5.20. The maximum atomic E-state index is 11.9. The molecule has 0 fully saturated rings. The largest absolute Gasteiger partial charge is 0.272 e. The number of amides is 1. The van der Waals surface area contributed by atoms with Crippen LogP contribution in [0.5, 0.6) is 0 Å². The Balaban J connectivity index is 2.06. The van der Waals surface area contributed by atoms with Crippen LogP contribution in [0.1, 0.15) is 21.5 Å². The molecule has 3 nitrogen and oxygen atoms in total. The lowest BCUT2D eigenvalue weighted by atomic mass is 10.1. The highest BCUT2D eigenvalue weighted by molar-refractivity contribution is 14.1. The molecule has 0 aliphatic heterocycles. The Bertz CT molecular complexity index is 623. The summed E-state index contributed by atoms with van der Waals surface area (Å²) in [5.74, 6) is -0.199. The van der Waals surface area contributed by atoms with Crippen LogP contribution >= 0.6 is 22.6 Å². The Morgan fingerprint density at radius 2 is 1.84 bits per heavy atom. The lowest BCUT2D eigenvalue weighted by Crippen LogP contribution is -2.18. The van der Waals surface area contributed by atoms with Gasteiger partial charge in [-0.15, -0.1) is 0 Å². The summed E-state index contributed by atoms with van der Waals surface area (Å²) in [6.07, 6.45) is 1.66. The van der Waals surface area contributed by atoms with Gasteiger partial charge in [0.15, 0.2) is 0 Å². The molecule has 0 unspecified atom stereocenters. The molecule has 0 atom stereocenters. The minimum absolute atomic E-state index is 0.199. The Kier molecular flexibility index (Phi) is 4.68. The van der Waals surface area contributed by atoms with E-state index in [1.807, 2.05) is 49.4 Å². The number of hydrazone groups is 1. The second-order valence-electron chi connectivity index (χ2n) is 4.04. The molecule has 2 aromatic carbocycles. The third-order valence-corrected chi connectivity index (χ3v) is 3.62. The molecule has 0 aromatic heterocycles. The molecule has 1 amide bonds. The van der Waals surface area contributed by atoms with Gasteiger partial charge in [-0.1, -0.05) is 36.4 Å². The topological polar surface area (TPSA) is 41.5 Å². The van der Waals surface area contributed by atoms with Gasteiger partial charge in [0.1, 0.15) is 0 Å². The van der Waals surface area contributed by atoms with Crippen LogP contribution < -0.4 is 5.43 Å². The maximum absolute atomic E-state index is 11.9. The van der Waals surface area contributed by atoms with Crippen LogP contribution in [0.15, 0.2) is 53.6 Å². The molecule has 0 saturated carbocycles. The van der Waals surface area contributed by atoms with Gasteiger partial charge >= 0.3 is 0 Å². The minimum atomic E-state index is -0.199. The summed E-state index contributed by atoms with van der Waals surface area (Å²) in [5.41, 5.74) is 5.28. The normalized spacial score (nSPS) is 10.6. The van der Waals surface area contributed by atoms with E-state index < -0.39 is 0 Å². The predicted octanol–water partition coefficient (Wildman–Crippen LogP) is 3.36. The number of hydrogen-bond donors (Lipinski definition) is 1. The monoisotopic (exact) mass is 364 g/mol. The SMILES string of the molecule is Cc1ccccc1C=NNC(=O)c1ccccc1I. The van der Waals surface area contributed by atoms with E-state index >= 15 is 0 Å². The molecule has 4 heteroatoms. The van der Waals surface area contributed by atoms with Crippen LogP contribution in [-0.2, 0) is 0 Å². The number of nitrogens with zero attached hydrogens (tertiary/aromatic N) is 1. The fraction of sp³-hybridized carbons (Fsp3) is 0.0667. The van der Waals surface area contributed by atoms with Gasteiger partial charge in [0, 0.05) is 3.57 Å². The quantitative estimate of drug-likeness (QED) is 0.507. The highest BCUT2D eigenvalue weighted by Crippen LogP contribution is 2.11. The van der Waals surface area contributed by atoms with Gasteiger partial charge < -0.3 is 0 Å². The summed E-state index contributed by atoms with van der Waals surface area (Å²) in [5, 5.41) is 3.99. The van der Waals surface area contributed by atoms with Gasteiger partial charge in [0.05, 0.1) is 11.8 Å². The predicted molar refractivity (Wildman–Crippen MR) is 85.4 cm³/mol. The highest BCUT2D eigenvalue weighted by atomic mass is 127. The first-order valence-electron chi connectivity index (χ1n) is 5.82. The summed E-state index contributed by atoms with van der Waals surface area (Å²) in [6.45, 7) is 2.00. The van der Waals surface area contributed by atoms with Crippen molar-refractivity contribution in [2.75, 3.05) is 0 Å². The van der Waals surface area contributed by atoms with Crippen molar-refractivity contribution in [3.63, 3.8) is 0 Å². The van der Waals surface area contributed by atoms with E-state index in [4.69, 9.17) is 0 Å². The maximum Gasteiger partial charge on any atom is 0.272 e. The first-order chi connectivity index (χ1) is 9.18. The molecule has 0 aliphatic carbocycles. The van der Waals surface area contributed by atoms with Crippen molar-refractivity contribution in [2.45, 2.75) is 6.92 Å². The number of halogens is 1. The molecule has 0 heterocycles. The summed E-state index contributed by atoms with van der Waals surface area (Å²) in [6, 6.07) is 15.3.